The molecule has 1 aromatic carbocycles. The zero-order valence-electron chi connectivity index (χ0n) is 13.2. The van der Waals surface area contributed by atoms with E-state index in [1.54, 1.807) is 30.3 Å². The van der Waals surface area contributed by atoms with Crippen LogP contribution in [0.1, 0.15) is 34.0 Å². The summed E-state index contributed by atoms with van der Waals surface area (Å²) in [5.74, 6) is -0.907. The number of rotatable bonds is 5. The zero-order chi connectivity index (χ0) is 17.0. The van der Waals surface area contributed by atoms with Crippen molar-refractivity contribution in [1.82, 2.24) is 0 Å². The Bertz CT molecular complexity index is 726. The van der Waals surface area contributed by atoms with Gasteiger partial charge in [-0.15, -0.1) is 11.3 Å². The molecule has 4 nitrogen and oxygen atoms in total. The van der Waals surface area contributed by atoms with Crippen molar-refractivity contribution in [3.63, 3.8) is 0 Å². The maximum atomic E-state index is 12.1. The van der Waals surface area contributed by atoms with Gasteiger partial charge < -0.3 is 10.1 Å². The van der Waals surface area contributed by atoms with Crippen LogP contribution in [0.2, 0.25) is 5.02 Å². The number of thiophene rings is 1. The SMILES string of the molecule is CCc1sc(C(=O)OC(C)C(=O)Nc2ccccc2Cl)cc1C. The molecule has 0 aliphatic rings. The van der Waals surface area contributed by atoms with E-state index in [4.69, 9.17) is 16.3 Å². The molecule has 1 N–H and O–H groups in total. The average molecular weight is 352 g/mol. The van der Waals surface area contributed by atoms with E-state index in [1.807, 2.05) is 13.8 Å². The number of carbonyl (C=O) groups is 2. The summed E-state index contributed by atoms with van der Waals surface area (Å²) in [7, 11) is 0. The number of ether oxygens (including phenoxy) is 1. The van der Waals surface area contributed by atoms with Crippen LogP contribution in [-0.2, 0) is 16.0 Å². The molecule has 1 aromatic heterocycles. The first-order valence-corrected chi connectivity index (χ1v) is 8.47. The fourth-order valence-corrected chi connectivity index (χ4v) is 3.22. The number of hydrogen-bond donors (Lipinski definition) is 1. The topological polar surface area (TPSA) is 55.4 Å². The molecule has 0 fully saturated rings. The smallest absolute Gasteiger partial charge is 0.349 e. The second kappa shape index (κ2) is 7.62. The molecular weight excluding hydrogens is 334 g/mol. The molecular formula is C17H18ClNO3S. The molecule has 0 spiro atoms. The Morgan fingerprint density at radius 3 is 2.65 bits per heavy atom. The lowest BCUT2D eigenvalue weighted by molar-refractivity contribution is -0.123. The number of anilines is 1. The second-order valence-electron chi connectivity index (χ2n) is 5.09. The fraction of sp³-hybridized carbons (Fsp3) is 0.294. The number of aryl methyl sites for hydroxylation is 2. The summed E-state index contributed by atoms with van der Waals surface area (Å²) < 4.78 is 5.24. The van der Waals surface area contributed by atoms with Crippen molar-refractivity contribution in [1.29, 1.82) is 0 Å². The highest BCUT2D eigenvalue weighted by Gasteiger charge is 2.21. The molecule has 1 unspecified atom stereocenters. The summed E-state index contributed by atoms with van der Waals surface area (Å²) in [5, 5.41) is 3.08. The minimum atomic E-state index is -0.911. The van der Waals surface area contributed by atoms with E-state index < -0.39 is 18.0 Å². The van der Waals surface area contributed by atoms with Crippen molar-refractivity contribution in [2.45, 2.75) is 33.3 Å². The Kier molecular flexibility index (Phi) is 5.80. The Hall–Kier alpha value is -1.85. The first-order chi connectivity index (χ1) is 10.9. The molecule has 23 heavy (non-hydrogen) atoms. The summed E-state index contributed by atoms with van der Waals surface area (Å²) in [5.41, 5.74) is 1.56. The molecule has 0 bridgehead atoms. The maximum Gasteiger partial charge on any atom is 0.349 e. The van der Waals surface area contributed by atoms with Gasteiger partial charge in [0.05, 0.1) is 10.7 Å². The molecule has 1 amide bonds. The first-order valence-electron chi connectivity index (χ1n) is 7.28. The lowest BCUT2D eigenvalue weighted by Gasteiger charge is -2.13. The van der Waals surface area contributed by atoms with Crippen molar-refractivity contribution in [3.8, 4) is 0 Å². The van der Waals surface area contributed by atoms with E-state index in [1.165, 1.54) is 18.3 Å². The molecule has 2 rings (SSSR count). The number of carbonyl (C=O) groups excluding carboxylic acids is 2. The van der Waals surface area contributed by atoms with Crippen LogP contribution < -0.4 is 5.32 Å². The van der Waals surface area contributed by atoms with Gasteiger partial charge in [-0.3, -0.25) is 4.79 Å². The van der Waals surface area contributed by atoms with Gasteiger partial charge in [0.2, 0.25) is 0 Å². The summed E-state index contributed by atoms with van der Waals surface area (Å²) in [4.78, 5) is 25.9. The number of hydrogen-bond acceptors (Lipinski definition) is 4. The Morgan fingerprint density at radius 1 is 1.35 bits per heavy atom. The molecule has 6 heteroatoms. The Labute approximate surface area is 144 Å². The standard InChI is InChI=1S/C17H18ClNO3S/c1-4-14-10(2)9-15(23-14)17(21)22-11(3)16(20)19-13-8-6-5-7-12(13)18/h5-9,11H,4H2,1-3H3,(H,19,20). The van der Waals surface area contributed by atoms with Gasteiger partial charge in [0.15, 0.2) is 6.10 Å². The van der Waals surface area contributed by atoms with Crippen LogP contribution in [0.25, 0.3) is 0 Å². The third-order valence-electron chi connectivity index (χ3n) is 3.33. The monoisotopic (exact) mass is 351 g/mol. The van der Waals surface area contributed by atoms with Crippen molar-refractivity contribution >= 4 is 40.5 Å². The van der Waals surface area contributed by atoms with E-state index in [0.717, 1.165) is 16.9 Å². The third-order valence-corrected chi connectivity index (χ3v) is 5.02. The normalized spacial score (nSPS) is 11.8. The van der Waals surface area contributed by atoms with Gasteiger partial charge in [0.1, 0.15) is 4.88 Å². The van der Waals surface area contributed by atoms with Gasteiger partial charge in [0.25, 0.3) is 5.91 Å². The van der Waals surface area contributed by atoms with Crippen LogP contribution in [0.4, 0.5) is 5.69 Å². The summed E-state index contributed by atoms with van der Waals surface area (Å²) in [6.45, 7) is 5.53. The Morgan fingerprint density at radius 2 is 2.04 bits per heavy atom. The summed E-state index contributed by atoms with van der Waals surface area (Å²) >= 11 is 7.39. The van der Waals surface area contributed by atoms with Crippen molar-refractivity contribution in [2.24, 2.45) is 0 Å². The van der Waals surface area contributed by atoms with Gasteiger partial charge in [-0.1, -0.05) is 30.7 Å². The molecule has 0 saturated heterocycles. The summed E-state index contributed by atoms with van der Waals surface area (Å²) in [6, 6.07) is 8.69. The predicted octanol–water partition coefficient (Wildman–Crippen LogP) is 4.46. The fourth-order valence-electron chi connectivity index (χ4n) is 2.04. The lowest BCUT2D eigenvalue weighted by Crippen LogP contribution is -2.29. The number of halogens is 1. The van der Waals surface area contributed by atoms with Gasteiger partial charge in [0, 0.05) is 4.88 Å². The number of para-hydroxylation sites is 1. The van der Waals surface area contributed by atoms with E-state index in [2.05, 4.69) is 5.32 Å². The largest absolute Gasteiger partial charge is 0.448 e. The van der Waals surface area contributed by atoms with Gasteiger partial charge in [-0.25, -0.2) is 4.79 Å². The molecule has 0 saturated carbocycles. The van der Waals surface area contributed by atoms with Gasteiger partial charge in [-0.2, -0.15) is 0 Å². The molecule has 0 aliphatic carbocycles. The molecule has 1 atom stereocenters. The minimum absolute atomic E-state index is 0.421. The van der Waals surface area contributed by atoms with Crippen LogP contribution in [0.15, 0.2) is 30.3 Å². The number of esters is 1. The highest BCUT2D eigenvalue weighted by molar-refractivity contribution is 7.14. The molecule has 0 aliphatic heterocycles. The number of benzene rings is 1. The van der Waals surface area contributed by atoms with E-state index >= 15 is 0 Å². The minimum Gasteiger partial charge on any atom is -0.448 e. The van der Waals surface area contributed by atoms with Gasteiger partial charge >= 0.3 is 5.97 Å². The van der Waals surface area contributed by atoms with E-state index in [-0.39, 0.29) is 0 Å². The van der Waals surface area contributed by atoms with Crippen LogP contribution >= 0.6 is 22.9 Å². The average Bonchev–Trinajstić information content (AvgIpc) is 2.90. The highest BCUT2D eigenvalue weighted by atomic mass is 35.5. The maximum absolute atomic E-state index is 12.1. The van der Waals surface area contributed by atoms with Crippen LogP contribution in [-0.4, -0.2) is 18.0 Å². The second-order valence-corrected chi connectivity index (χ2v) is 6.63. The van der Waals surface area contributed by atoms with E-state index in [0.29, 0.717) is 15.6 Å². The zero-order valence-corrected chi connectivity index (χ0v) is 14.8. The molecule has 1 heterocycles. The lowest BCUT2D eigenvalue weighted by atomic mass is 10.2. The van der Waals surface area contributed by atoms with Crippen LogP contribution in [0.5, 0.6) is 0 Å². The van der Waals surface area contributed by atoms with Crippen LogP contribution in [0.3, 0.4) is 0 Å². The van der Waals surface area contributed by atoms with Gasteiger partial charge in [-0.05, 0) is 44.0 Å². The number of amides is 1. The first kappa shape index (κ1) is 17.5. The quantitative estimate of drug-likeness (QED) is 0.809. The third kappa shape index (κ3) is 4.33. The highest BCUT2D eigenvalue weighted by Crippen LogP contribution is 2.24. The predicted molar refractivity (Wildman–Crippen MR) is 93.4 cm³/mol. The molecule has 0 radical (unpaired) electrons. The van der Waals surface area contributed by atoms with Crippen molar-refractivity contribution in [3.05, 3.63) is 50.7 Å². The molecule has 122 valence electrons. The van der Waals surface area contributed by atoms with Crippen LogP contribution in [0, 0.1) is 6.92 Å². The Balaban J connectivity index is 2.00. The molecule has 2 aromatic rings. The van der Waals surface area contributed by atoms with Crippen molar-refractivity contribution in [2.75, 3.05) is 5.32 Å². The summed E-state index contributed by atoms with van der Waals surface area (Å²) in [6.07, 6.45) is -0.0435. The van der Waals surface area contributed by atoms with E-state index in [9.17, 15) is 9.59 Å². The van der Waals surface area contributed by atoms with Crippen molar-refractivity contribution < 1.29 is 14.3 Å². The number of nitrogens with one attached hydrogen (secondary N) is 1.